The molecule has 0 bridgehead atoms. The van der Waals surface area contributed by atoms with E-state index in [1.165, 1.54) is 0 Å². The third-order valence-corrected chi connectivity index (χ3v) is 8.00. The monoisotopic (exact) mass is 404 g/mol. The molecule has 1 aromatic carbocycles. The summed E-state index contributed by atoms with van der Waals surface area (Å²) in [7, 11) is -1.67. The number of carbonyl (C=O) groups excluding carboxylic acids is 1. The number of ether oxygens (including phenoxy) is 1. The number of H-pyrrole nitrogens is 1. The van der Waals surface area contributed by atoms with Crippen LogP contribution in [-0.2, 0) is 16.4 Å². The zero-order valence-corrected chi connectivity index (χ0v) is 16.7. The Morgan fingerprint density at radius 1 is 1.32 bits per heavy atom. The van der Waals surface area contributed by atoms with Crippen molar-refractivity contribution in [2.45, 2.75) is 24.8 Å². The molecular formula is C19H24N4O4S. The molecule has 9 heteroatoms. The van der Waals surface area contributed by atoms with Crippen molar-refractivity contribution in [1.29, 1.82) is 0 Å². The smallest absolute Gasteiger partial charge is 0.251 e. The van der Waals surface area contributed by atoms with Crippen molar-refractivity contribution in [3.8, 4) is 5.75 Å². The van der Waals surface area contributed by atoms with Gasteiger partial charge in [0, 0.05) is 42.9 Å². The molecule has 3 heterocycles. The number of benzene rings is 1. The summed E-state index contributed by atoms with van der Waals surface area (Å²) in [5.74, 6) is 0.302. The molecule has 28 heavy (non-hydrogen) atoms. The Hall–Kier alpha value is -2.39. The highest BCUT2D eigenvalue weighted by molar-refractivity contribution is 7.92. The first-order chi connectivity index (χ1) is 13.4. The molecule has 2 aliphatic rings. The Kier molecular flexibility index (Phi) is 4.88. The van der Waals surface area contributed by atoms with Crippen molar-refractivity contribution in [1.82, 2.24) is 20.2 Å². The predicted octanol–water partition coefficient (Wildman–Crippen LogP) is 0.754. The van der Waals surface area contributed by atoms with Gasteiger partial charge in [0.15, 0.2) is 9.84 Å². The normalized spacial score (nSPS) is 26.1. The van der Waals surface area contributed by atoms with E-state index in [2.05, 4.69) is 20.2 Å². The molecule has 0 unspecified atom stereocenters. The number of aromatic nitrogens is 2. The Bertz CT molecular complexity index is 970. The molecule has 0 radical (unpaired) electrons. The summed E-state index contributed by atoms with van der Waals surface area (Å²) in [4.78, 5) is 22.1. The molecule has 2 fully saturated rings. The van der Waals surface area contributed by atoms with Crippen molar-refractivity contribution < 1.29 is 17.9 Å². The Morgan fingerprint density at radius 3 is 2.71 bits per heavy atom. The van der Waals surface area contributed by atoms with E-state index in [4.69, 9.17) is 4.74 Å². The van der Waals surface area contributed by atoms with Crippen LogP contribution in [0, 0.1) is 12.8 Å². The maximum absolute atomic E-state index is 12.7. The van der Waals surface area contributed by atoms with E-state index in [-0.39, 0.29) is 23.6 Å². The van der Waals surface area contributed by atoms with Gasteiger partial charge in [0.1, 0.15) is 5.75 Å². The quantitative estimate of drug-likeness (QED) is 0.762. The van der Waals surface area contributed by atoms with E-state index in [0.29, 0.717) is 30.9 Å². The number of imidazole rings is 1. The molecule has 0 saturated carbocycles. The summed E-state index contributed by atoms with van der Waals surface area (Å²) in [6.45, 7) is 3.67. The number of nitrogens with one attached hydrogen (secondary N) is 2. The minimum Gasteiger partial charge on any atom is -0.497 e. The number of aryl methyl sites for hydroxylation is 1. The van der Waals surface area contributed by atoms with Crippen LogP contribution in [0.1, 0.15) is 21.7 Å². The van der Waals surface area contributed by atoms with Gasteiger partial charge >= 0.3 is 0 Å². The summed E-state index contributed by atoms with van der Waals surface area (Å²) < 4.78 is 30.4. The molecule has 0 aliphatic carbocycles. The number of sulfone groups is 1. The van der Waals surface area contributed by atoms with E-state index < -0.39 is 15.1 Å². The van der Waals surface area contributed by atoms with Gasteiger partial charge in [-0.25, -0.2) is 13.4 Å². The van der Waals surface area contributed by atoms with Crippen molar-refractivity contribution in [2.75, 3.05) is 26.0 Å². The second-order valence-electron chi connectivity index (χ2n) is 7.51. The lowest BCUT2D eigenvalue weighted by molar-refractivity contribution is 0.0930. The third-order valence-electron chi connectivity index (χ3n) is 5.75. The first kappa shape index (κ1) is 18.9. The number of hydrogen-bond donors (Lipinski definition) is 2. The highest BCUT2D eigenvalue weighted by Gasteiger charge is 2.52. The van der Waals surface area contributed by atoms with Crippen molar-refractivity contribution in [2.24, 2.45) is 5.92 Å². The lowest BCUT2D eigenvalue weighted by Gasteiger charge is -2.20. The van der Waals surface area contributed by atoms with Crippen LogP contribution in [0.2, 0.25) is 0 Å². The fourth-order valence-electron chi connectivity index (χ4n) is 4.17. The van der Waals surface area contributed by atoms with Gasteiger partial charge in [-0.1, -0.05) is 0 Å². The van der Waals surface area contributed by atoms with Gasteiger partial charge in [0.2, 0.25) is 0 Å². The molecule has 2 N–H and O–H groups in total. The van der Waals surface area contributed by atoms with Crippen molar-refractivity contribution in [3.63, 3.8) is 0 Å². The lowest BCUT2D eigenvalue weighted by Crippen LogP contribution is -2.42. The Morgan fingerprint density at radius 2 is 2.07 bits per heavy atom. The summed E-state index contributed by atoms with van der Waals surface area (Å²) in [5, 5.41) is 2.51. The standard InChI is InChI=1S/C19H24N4O4S/c1-12-16(21-11-20-12)8-23-7-15-17(10-28(25,26)18(15)9-23)22-19(24)13-3-5-14(27-2)6-4-13/h3-6,11,15,17-18H,7-10H2,1-2H3,(H,20,21)(H,22,24)/t15-,17+,18-/m0/s1. The zero-order valence-electron chi connectivity index (χ0n) is 15.9. The number of amides is 1. The minimum absolute atomic E-state index is 0.000495. The number of hydrogen-bond acceptors (Lipinski definition) is 6. The molecule has 1 amide bonds. The number of fused-ring (bicyclic) bond motifs is 1. The maximum atomic E-state index is 12.7. The van der Waals surface area contributed by atoms with Crippen LogP contribution in [0.5, 0.6) is 5.75 Å². The predicted molar refractivity (Wildman–Crippen MR) is 104 cm³/mol. The van der Waals surface area contributed by atoms with Gasteiger partial charge in [0.25, 0.3) is 5.91 Å². The minimum atomic E-state index is -3.24. The molecule has 8 nitrogen and oxygen atoms in total. The number of nitrogens with zero attached hydrogens (tertiary/aromatic N) is 2. The zero-order chi connectivity index (χ0) is 19.9. The van der Waals surface area contributed by atoms with Crippen LogP contribution in [0.4, 0.5) is 0 Å². The van der Waals surface area contributed by atoms with Gasteiger partial charge < -0.3 is 15.0 Å². The molecule has 2 aliphatic heterocycles. The first-order valence-corrected chi connectivity index (χ1v) is 11.0. The number of methoxy groups -OCH3 is 1. The molecule has 2 aromatic rings. The Labute approximate surface area is 164 Å². The summed E-state index contributed by atoms with van der Waals surface area (Å²) in [5.41, 5.74) is 2.41. The average molecular weight is 404 g/mol. The molecule has 2 saturated heterocycles. The van der Waals surface area contributed by atoms with E-state index in [1.807, 2.05) is 6.92 Å². The highest BCUT2D eigenvalue weighted by atomic mass is 32.2. The summed E-state index contributed by atoms with van der Waals surface area (Å²) in [6.07, 6.45) is 1.65. The maximum Gasteiger partial charge on any atom is 0.251 e. The van der Waals surface area contributed by atoms with Crippen LogP contribution in [0.25, 0.3) is 0 Å². The largest absolute Gasteiger partial charge is 0.497 e. The lowest BCUT2D eigenvalue weighted by atomic mass is 10.00. The van der Waals surface area contributed by atoms with E-state index in [9.17, 15) is 13.2 Å². The van der Waals surface area contributed by atoms with Crippen LogP contribution in [0.15, 0.2) is 30.6 Å². The van der Waals surface area contributed by atoms with Crippen LogP contribution < -0.4 is 10.1 Å². The van der Waals surface area contributed by atoms with Gasteiger partial charge in [-0.3, -0.25) is 9.69 Å². The summed E-state index contributed by atoms with van der Waals surface area (Å²) in [6, 6.07) is 6.40. The highest BCUT2D eigenvalue weighted by Crippen LogP contribution is 2.35. The number of likely N-dealkylation sites (tertiary alicyclic amines) is 1. The molecule has 1 aromatic heterocycles. The molecule has 150 valence electrons. The van der Waals surface area contributed by atoms with Crippen molar-refractivity contribution >= 4 is 15.7 Å². The number of rotatable bonds is 5. The summed E-state index contributed by atoms with van der Waals surface area (Å²) >= 11 is 0. The average Bonchev–Trinajstić information content (AvgIpc) is 3.33. The van der Waals surface area contributed by atoms with Gasteiger partial charge in [0.05, 0.1) is 30.1 Å². The van der Waals surface area contributed by atoms with Crippen LogP contribution in [0.3, 0.4) is 0 Å². The van der Waals surface area contributed by atoms with E-state index >= 15 is 0 Å². The van der Waals surface area contributed by atoms with Gasteiger partial charge in [-0.2, -0.15) is 0 Å². The topological polar surface area (TPSA) is 104 Å². The fraction of sp³-hybridized carbons (Fsp3) is 0.474. The van der Waals surface area contributed by atoms with Crippen LogP contribution in [-0.4, -0.2) is 66.4 Å². The molecule has 3 atom stereocenters. The SMILES string of the molecule is COc1ccc(C(=O)N[C@@H]2CS(=O)(=O)[C@H]3CN(Cc4nc[nH]c4C)C[C@@H]23)cc1. The van der Waals surface area contributed by atoms with Gasteiger partial charge in [-0.05, 0) is 31.2 Å². The van der Waals surface area contributed by atoms with Crippen molar-refractivity contribution in [3.05, 3.63) is 47.5 Å². The molecule has 0 spiro atoms. The van der Waals surface area contributed by atoms with E-state index in [0.717, 1.165) is 11.4 Å². The number of aromatic amines is 1. The van der Waals surface area contributed by atoms with E-state index in [1.54, 1.807) is 37.7 Å². The second kappa shape index (κ2) is 7.21. The molecule has 4 rings (SSSR count). The van der Waals surface area contributed by atoms with Gasteiger partial charge in [-0.15, -0.1) is 0 Å². The first-order valence-electron chi connectivity index (χ1n) is 9.25. The molecular weight excluding hydrogens is 380 g/mol. The second-order valence-corrected chi connectivity index (χ2v) is 9.77. The fourth-order valence-corrected chi connectivity index (χ4v) is 6.50. The third kappa shape index (κ3) is 3.51. The van der Waals surface area contributed by atoms with Crippen LogP contribution >= 0.6 is 0 Å². The Balaban J connectivity index is 1.46. The number of carbonyl (C=O) groups is 1.